The SMILES string of the molecule is COc1cc2nncc(N3CC4(CC(NS(C)(=O)=O)C4)C3)c2cc1OC. The first-order valence-corrected chi connectivity index (χ1v) is 10.3. The molecule has 1 saturated carbocycles. The Labute approximate surface area is 152 Å². The van der Waals surface area contributed by atoms with Crippen LogP contribution >= 0.6 is 0 Å². The first-order valence-electron chi connectivity index (χ1n) is 8.42. The number of methoxy groups -OCH3 is 2. The zero-order chi connectivity index (χ0) is 18.5. The minimum atomic E-state index is -3.13. The molecule has 0 amide bonds. The van der Waals surface area contributed by atoms with Gasteiger partial charge in [-0.05, 0) is 18.9 Å². The quantitative estimate of drug-likeness (QED) is 0.834. The van der Waals surface area contributed by atoms with Crippen molar-refractivity contribution in [3.63, 3.8) is 0 Å². The number of benzene rings is 1. The largest absolute Gasteiger partial charge is 0.493 e. The van der Waals surface area contributed by atoms with Crippen molar-refractivity contribution >= 4 is 26.6 Å². The lowest BCUT2D eigenvalue weighted by Gasteiger charge is -2.59. The fraction of sp³-hybridized carbons (Fsp3) is 0.529. The zero-order valence-corrected chi connectivity index (χ0v) is 15.8. The highest BCUT2D eigenvalue weighted by Crippen LogP contribution is 2.50. The van der Waals surface area contributed by atoms with Gasteiger partial charge in [0.15, 0.2) is 11.5 Å². The van der Waals surface area contributed by atoms with Crippen LogP contribution in [0.3, 0.4) is 0 Å². The van der Waals surface area contributed by atoms with Crippen molar-refractivity contribution in [2.45, 2.75) is 18.9 Å². The second-order valence-electron chi connectivity index (χ2n) is 7.31. The molecule has 2 fully saturated rings. The molecule has 0 atom stereocenters. The Morgan fingerprint density at radius 1 is 1.19 bits per heavy atom. The second kappa shape index (κ2) is 5.95. The van der Waals surface area contributed by atoms with E-state index in [0.717, 1.165) is 42.5 Å². The van der Waals surface area contributed by atoms with Crippen molar-refractivity contribution in [1.82, 2.24) is 14.9 Å². The number of anilines is 1. The molecule has 1 N–H and O–H groups in total. The number of nitrogens with one attached hydrogen (secondary N) is 1. The predicted octanol–water partition coefficient (Wildman–Crippen LogP) is 1.17. The van der Waals surface area contributed by atoms with E-state index in [4.69, 9.17) is 9.47 Å². The maximum atomic E-state index is 11.3. The van der Waals surface area contributed by atoms with E-state index in [0.29, 0.717) is 11.5 Å². The van der Waals surface area contributed by atoms with Gasteiger partial charge in [0.1, 0.15) is 0 Å². The van der Waals surface area contributed by atoms with Gasteiger partial charge in [-0.2, -0.15) is 10.2 Å². The standard InChI is InChI=1S/C17H22N4O4S/c1-24-15-4-12-13(5-16(15)25-2)19-18-8-14(12)21-9-17(10-21)6-11(7-17)20-26(3,22)23/h4-5,8,11,20H,6-7,9-10H2,1-3H3. The van der Waals surface area contributed by atoms with E-state index < -0.39 is 10.0 Å². The van der Waals surface area contributed by atoms with Crippen LogP contribution in [0.4, 0.5) is 5.69 Å². The molecule has 1 aromatic carbocycles. The second-order valence-corrected chi connectivity index (χ2v) is 9.09. The molecule has 0 unspecified atom stereocenters. The molecule has 26 heavy (non-hydrogen) atoms. The molecule has 2 aliphatic rings. The molecular formula is C17H22N4O4S. The maximum absolute atomic E-state index is 11.3. The molecule has 0 bridgehead atoms. The Morgan fingerprint density at radius 3 is 2.46 bits per heavy atom. The van der Waals surface area contributed by atoms with Crippen LogP contribution in [0, 0.1) is 5.41 Å². The van der Waals surface area contributed by atoms with Crippen molar-refractivity contribution in [2.24, 2.45) is 5.41 Å². The van der Waals surface area contributed by atoms with E-state index in [9.17, 15) is 8.42 Å². The van der Waals surface area contributed by atoms with Gasteiger partial charge >= 0.3 is 0 Å². The summed E-state index contributed by atoms with van der Waals surface area (Å²) in [5.74, 6) is 1.28. The number of aromatic nitrogens is 2. The molecule has 140 valence electrons. The predicted molar refractivity (Wildman–Crippen MR) is 98.3 cm³/mol. The third-order valence-corrected chi connectivity index (χ3v) is 6.02. The number of ether oxygens (including phenoxy) is 2. The Hall–Kier alpha value is -2.13. The van der Waals surface area contributed by atoms with Crippen LogP contribution in [0.5, 0.6) is 11.5 Å². The van der Waals surface area contributed by atoms with Crippen LogP contribution < -0.4 is 19.1 Å². The third kappa shape index (κ3) is 2.95. The fourth-order valence-electron chi connectivity index (χ4n) is 4.19. The summed E-state index contributed by atoms with van der Waals surface area (Å²) in [6.45, 7) is 1.79. The highest BCUT2D eigenvalue weighted by Gasteiger charge is 2.53. The van der Waals surface area contributed by atoms with Crippen molar-refractivity contribution in [2.75, 3.05) is 38.5 Å². The Kier molecular flexibility index (Phi) is 3.96. The first kappa shape index (κ1) is 17.3. The van der Waals surface area contributed by atoms with Crippen LogP contribution in [-0.2, 0) is 10.0 Å². The average molecular weight is 378 g/mol. The summed E-state index contributed by atoms with van der Waals surface area (Å²) >= 11 is 0. The highest BCUT2D eigenvalue weighted by atomic mass is 32.2. The Morgan fingerprint density at radius 2 is 1.85 bits per heavy atom. The molecule has 1 aromatic heterocycles. The first-order chi connectivity index (χ1) is 12.3. The number of hydrogen-bond acceptors (Lipinski definition) is 7. The van der Waals surface area contributed by atoms with Crippen LogP contribution in [0.1, 0.15) is 12.8 Å². The lowest BCUT2D eigenvalue weighted by molar-refractivity contribution is 0.0593. The lowest BCUT2D eigenvalue weighted by atomic mass is 9.61. The van der Waals surface area contributed by atoms with E-state index in [-0.39, 0.29) is 11.5 Å². The molecule has 1 aliphatic carbocycles. The minimum Gasteiger partial charge on any atom is -0.493 e. The van der Waals surface area contributed by atoms with Gasteiger partial charge in [0.2, 0.25) is 10.0 Å². The molecule has 1 spiro atoms. The molecule has 8 nitrogen and oxygen atoms in total. The van der Waals surface area contributed by atoms with Crippen LogP contribution in [-0.4, -0.2) is 58.2 Å². The molecule has 9 heteroatoms. The minimum absolute atomic E-state index is 0.0591. The zero-order valence-electron chi connectivity index (χ0n) is 15.0. The summed E-state index contributed by atoms with van der Waals surface area (Å²) in [4.78, 5) is 2.26. The Bertz CT molecular complexity index is 949. The summed E-state index contributed by atoms with van der Waals surface area (Å²) in [5.41, 5.74) is 1.97. The summed E-state index contributed by atoms with van der Waals surface area (Å²) in [5, 5.41) is 9.29. The van der Waals surface area contributed by atoms with Crippen molar-refractivity contribution in [1.29, 1.82) is 0 Å². The smallest absolute Gasteiger partial charge is 0.208 e. The maximum Gasteiger partial charge on any atom is 0.208 e. The van der Waals surface area contributed by atoms with E-state index >= 15 is 0 Å². The van der Waals surface area contributed by atoms with Gasteiger partial charge < -0.3 is 14.4 Å². The summed E-state index contributed by atoms with van der Waals surface area (Å²) in [7, 11) is 0.0710. The van der Waals surface area contributed by atoms with Gasteiger partial charge in [-0.3, -0.25) is 0 Å². The van der Waals surface area contributed by atoms with Gasteiger partial charge in [0.05, 0.1) is 37.9 Å². The van der Waals surface area contributed by atoms with E-state index in [1.807, 2.05) is 12.1 Å². The van der Waals surface area contributed by atoms with E-state index in [2.05, 4.69) is 19.8 Å². The lowest BCUT2D eigenvalue weighted by Crippen LogP contribution is -2.66. The van der Waals surface area contributed by atoms with Crippen LogP contribution in [0.2, 0.25) is 0 Å². The molecule has 1 saturated heterocycles. The normalized spacial score (nSPS) is 19.3. The monoisotopic (exact) mass is 378 g/mol. The summed E-state index contributed by atoms with van der Waals surface area (Å²) < 4.78 is 36.1. The molecule has 1 aliphatic heterocycles. The highest BCUT2D eigenvalue weighted by molar-refractivity contribution is 7.88. The van der Waals surface area contributed by atoms with E-state index in [1.54, 1.807) is 20.4 Å². The summed E-state index contributed by atoms with van der Waals surface area (Å²) in [6, 6.07) is 3.82. The van der Waals surface area contributed by atoms with Gasteiger partial charge in [-0.25, -0.2) is 13.1 Å². The van der Waals surface area contributed by atoms with Gasteiger partial charge in [-0.15, -0.1) is 0 Å². The number of rotatable bonds is 5. The van der Waals surface area contributed by atoms with Gasteiger partial charge in [0, 0.05) is 36.0 Å². The van der Waals surface area contributed by atoms with Crippen molar-refractivity contribution in [3.05, 3.63) is 18.3 Å². The molecule has 2 aromatic rings. The number of sulfonamides is 1. The fourth-order valence-corrected chi connectivity index (χ4v) is 4.96. The molecular weight excluding hydrogens is 356 g/mol. The molecule has 2 heterocycles. The van der Waals surface area contributed by atoms with Crippen molar-refractivity contribution in [3.8, 4) is 11.5 Å². The molecule has 4 rings (SSSR count). The number of hydrogen-bond donors (Lipinski definition) is 1. The van der Waals surface area contributed by atoms with Crippen LogP contribution in [0.25, 0.3) is 10.9 Å². The van der Waals surface area contributed by atoms with Crippen molar-refractivity contribution < 1.29 is 17.9 Å². The topological polar surface area (TPSA) is 93.7 Å². The van der Waals surface area contributed by atoms with Gasteiger partial charge in [0.25, 0.3) is 0 Å². The Balaban J connectivity index is 1.53. The molecule has 0 radical (unpaired) electrons. The number of nitrogens with zero attached hydrogens (tertiary/aromatic N) is 3. The third-order valence-electron chi connectivity index (χ3n) is 5.26. The summed E-state index contributed by atoms with van der Waals surface area (Å²) in [6.07, 6.45) is 4.74. The van der Waals surface area contributed by atoms with Gasteiger partial charge in [-0.1, -0.05) is 0 Å². The van der Waals surface area contributed by atoms with Crippen LogP contribution in [0.15, 0.2) is 18.3 Å². The van der Waals surface area contributed by atoms with E-state index in [1.165, 1.54) is 6.26 Å². The number of fused-ring (bicyclic) bond motifs is 1. The average Bonchev–Trinajstić information content (AvgIpc) is 2.53.